The number of nitrogens with zero attached hydrogens (tertiary/aromatic N) is 2. The van der Waals surface area contributed by atoms with Gasteiger partial charge in [-0.3, -0.25) is 9.59 Å². The van der Waals surface area contributed by atoms with Crippen molar-refractivity contribution in [3.63, 3.8) is 0 Å². The molecule has 2 saturated heterocycles. The largest absolute Gasteiger partial charge is 0.468 e. The monoisotopic (exact) mass is 359 g/mol. The highest BCUT2D eigenvalue weighted by molar-refractivity contribution is 5.87. The molecule has 2 aliphatic heterocycles. The Hall–Kier alpha value is -2.57. The maximum atomic E-state index is 12.8. The van der Waals surface area contributed by atoms with Crippen molar-refractivity contribution < 1.29 is 19.1 Å². The van der Waals surface area contributed by atoms with E-state index in [0.717, 1.165) is 24.8 Å². The van der Waals surface area contributed by atoms with E-state index in [1.165, 1.54) is 7.11 Å². The molecule has 1 spiro atoms. The quantitative estimate of drug-likeness (QED) is 0.827. The Morgan fingerprint density at radius 3 is 2.50 bits per heavy atom. The first-order chi connectivity index (χ1) is 12.5. The van der Waals surface area contributed by atoms with Gasteiger partial charge < -0.3 is 19.9 Å². The minimum Gasteiger partial charge on any atom is -0.468 e. The smallest absolute Gasteiger partial charge is 0.325 e. The summed E-state index contributed by atoms with van der Waals surface area (Å²) in [6.07, 6.45) is 2.26. The molecule has 3 rings (SSSR count). The lowest BCUT2D eigenvalue weighted by molar-refractivity contribution is -0.139. The number of hydrogen-bond donors (Lipinski definition) is 1. The summed E-state index contributed by atoms with van der Waals surface area (Å²) >= 11 is 0. The van der Waals surface area contributed by atoms with Crippen LogP contribution in [0.4, 0.5) is 4.79 Å². The topological polar surface area (TPSA) is 79.0 Å². The lowest BCUT2D eigenvalue weighted by atomic mass is 9.81. The van der Waals surface area contributed by atoms with E-state index in [0.29, 0.717) is 13.1 Å². The fourth-order valence-electron chi connectivity index (χ4n) is 4.01. The summed E-state index contributed by atoms with van der Waals surface area (Å²) in [5.74, 6) is -0.431. The summed E-state index contributed by atoms with van der Waals surface area (Å²) in [6, 6.07) is 9.62. The van der Waals surface area contributed by atoms with Gasteiger partial charge in [0.05, 0.1) is 13.0 Å². The Balaban J connectivity index is 1.62. The SMILES string of the molecule is COC(=O)CNC(=O)N1CCC2(CC1)C[C@@H](c1ccccc1)C(=O)N2C. The second kappa shape index (κ2) is 7.35. The minimum absolute atomic E-state index is 0.110. The van der Waals surface area contributed by atoms with Crippen LogP contribution in [-0.4, -0.2) is 67.0 Å². The summed E-state index contributed by atoms with van der Waals surface area (Å²) in [7, 11) is 3.16. The van der Waals surface area contributed by atoms with Crippen LogP contribution in [-0.2, 0) is 14.3 Å². The highest BCUT2D eigenvalue weighted by Gasteiger charge is 2.50. The van der Waals surface area contributed by atoms with Crippen LogP contribution >= 0.6 is 0 Å². The van der Waals surface area contributed by atoms with E-state index in [1.54, 1.807) is 4.90 Å². The predicted molar refractivity (Wildman–Crippen MR) is 95.5 cm³/mol. The van der Waals surface area contributed by atoms with E-state index in [9.17, 15) is 14.4 Å². The van der Waals surface area contributed by atoms with Crippen molar-refractivity contribution in [1.82, 2.24) is 15.1 Å². The molecule has 7 heteroatoms. The molecule has 2 aliphatic rings. The second-order valence-electron chi connectivity index (χ2n) is 7.01. The van der Waals surface area contributed by atoms with Crippen molar-refractivity contribution in [1.29, 1.82) is 0 Å². The van der Waals surface area contributed by atoms with E-state index in [-0.39, 0.29) is 29.9 Å². The van der Waals surface area contributed by atoms with Crippen LogP contribution in [0.2, 0.25) is 0 Å². The van der Waals surface area contributed by atoms with Gasteiger partial charge in [-0.2, -0.15) is 0 Å². The highest BCUT2D eigenvalue weighted by atomic mass is 16.5. The average molecular weight is 359 g/mol. The normalized spacial score (nSPS) is 21.8. The van der Waals surface area contributed by atoms with Gasteiger partial charge in [0.2, 0.25) is 5.91 Å². The molecule has 0 saturated carbocycles. The third-order valence-electron chi connectivity index (χ3n) is 5.72. The van der Waals surface area contributed by atoms with Gasteiger partial charge in [-0.25, -0.2) is 4.79 Å². The van der Waals surface area contributed by atoms with E-state index in [2.05, 4.69) is 10.1 Å². The van der Waals surface area contributed by atoms with Crippen LogP contribution < -0.4 is 5.32 Å². The van der Waals surface area contributed by atoms with Gasteiger partial charge in [-0.05, 0) is 24.8 Å². The average Bonchev–Trinajstić information content (AvgIpc) is 2.92. The molecule has 7 nitrogen and oxygen atoms in total. The number of nitrogens with one attached hydrogen (secondary N) is 1. The molecule has 26 heavy (non-hydrogen) atoms. The minimum atomic E-state index is -0.473. The number of likely N-dealkylation sites (N-methyl/N-ethyl adjacent to an activating group) is 1. The zero-order valence-corrected chi connectivity index (χ0v) is 15.2. The molecule has 1 atom stereocenters. The molecule has 1 N–H and O–H groups in total. The van der Waals surface area contributed by atoms with E-state index in [4.69, 9.17) is 0 Å². The van der Waals surface area contributed by atoms with Crippen LogP contribution in [0.3, 0.4) is 0 Å². The predicted octanol–water partition coefficient (Wildman–Crippen LogP) is 1.35. The van der Waals surface area contributed by atoms with Crippen molar-refractivity contribution >= 4 is 17.9 Å². The number of rotatable bonds is 3. The number of carbonyl (C=O) groups excluding carboxylic acids is 3. The molecule has 140 valence electrons. The molecule has 2 fully saturated rings. The lowest BCUT2D eigenvalue weighted by Crippen LogP contribution is -2.54. The third kappa shape index (κ3) is 3.38. The van der Waals surface area contributed by atoms with Gasteiger partial charge in [-0.15, -0.1) is 0 Å². The van der Waals surface area contributed by atoms with Gasteiger partial charge in [0.25, 0.3) is 0 Å². The maximum Gasteiger partial charge on any atom is 0.325 e. The first kappa shape index (κ1) is 18.2. The van der Waals surface area contributed by atoms with Crippen molar-refractivity contribution in [3.05, 3.63) is 35.9 Å². The first-order valence-electron chi connectivity index (χ1n) is 8.89. The number of piperidine rings is 1. The number of esters is 1. The lowest BCUT2D eigenvalue weighted by Gasteiger charge is -2.43. The molecular formula is C19H25N3O4. The Morgan fingerprint density at radius 2 is 1.88 bits per heavy atom. The summed E-state index contributed by atoms with van der Waals surface area (Å²) in [5.41, 5.74) is 0.857. The van der Waals surface area contributed by atoms with Crippen molar-refractivity contribution in [2.24, 2.45) is 0 Å². The van der Waals surface area contributed by atoms with Crippen molar-refractivity contribution in [2.75, 3.05) is 33.8 Å². The standard InChI is InChI=1S/C19H25N3O4/c1-21-17(24)15(14-6-4-3-5-7-14)12-19(21)8-10-22(11-9-19)18(25)20-13-16(23)26-2/h3-7,15H,8-13H2,1-2H3,(H,20,25)/t15-/m0/s1. The first-order valence-corrected chi connectivity index (χ1v) is 8.89. The number of benzene rings is 1. The van der Waals surface area contributed by atoms with Crippen molar-refractivity contribution in [2.45, 2.75) is 30.7 Å². The van der Waals surface area contributed by atoms with Gasteiger partial charge in [0.15, 0.2) is 0 Å². The van der Waals surface area contributed by atoms with E-state index in [1.807, 2.05) is 42.3 Å². The van der Waals surface area contributed by atoms with Crippen molar-refractivity contribution in [3.8, 4) is 0 Å². The summed E-state index contributed by atoms with van der Waals surface area (Å²) in [5, 5.41) is 2.57. The Labute approximate surface area is 153 Å². The molecule has 0 aliphatic carbocycles. The van der Waals surface area contributed by atoms with Gasteiger partial charge in [-0.1, -0.05) is 30.3 Å². The number of ether oxygens (including phenoxy) is 1. The molecule has 3 amide bonds. The number of carbonyl (C=O) groups is 3. The number of hydrogen-bond acceptors (Lipinski definition) is 4. The maximum absolute atomic E-state index is 12.8. The molecule has 0 radical (unpaired) electrons. The third-order valence-corrected chi connectivity index (χ3v) is 5.72. The summed E-state index contributed by atoms with van der Waals surface area (Å²) in [6.45, 7) is 0.990. The Morgan fingerprint density at radius 1 is 1.23 bits per heavy atom. The molecule has 1 aromatic rings. The van der Waals surface area contributed by atoms with Crippen LogP contribution in [0.1, 0.15) is 30.7 Å². The Bertz CT molecular complexity index is 683. The molecule has 0 bridgehead atoms. The fourth-order valence-corrected chi connectivity index (χ4v) is 4.01. The summed E-state index contributed by atoms with van der Waals surface area (Å²) in [4.78, 5) is 39.7. The van der Waals surface area contributed by atoms with Crippen LogP contribution in [0, 0.1) is 0 Å². The fraction of sp³-hybridized carbons (Fsp3) is 0.526. The van der Waals surface area contributed by atoms with Gasteiger partial charge >= 0.3 is 12.0 Å². The second-order valence-corrected chi connectivity index (χ2v) is 7.01. The highest BCUT2D eigenvalue weighted by Crippen LogP contribution is 2.44. The molecule has 0 aromatic heterocycles. The molecule has 0 unspecified atom stereocenters. The summed E-state index contributed by atoms with van der Waals surface area (Å²) < 4.78 is 4.53. The zero-order chi connectivity index (χ0) is 18.7. The van der Waals surface area contributed by atoms with E-state index >= 15 is 0 Å². The molecular weight excluding hydrogens is 334 g/mol. The zero-order valence-electron chi connectivity index (χ0n) is 15.2. The number of amides is 3. The Kier molecular flexibility index (Phi) is 5.15. The van der Waals surface area contributed by atoms with Crippen LogP contribution in [0.5, 0.6) is 0 Å². The molecule has 2 heterocycles. The van der Waals surface area contributed by atoms with Gasteiger partial charge in [0, 0.05) is 25.7 Å². The number of likely N-dealkylation sites (tertiary alicyclic amines) is 2. The number of urea groups is 1. The number of methoxy groups -OCH3 is 1. The van der Waals surface area contributed by atoms with Gasteiger partial charge in [0.1, 0.15) is 6.54 Å². The van der Waals surface area contributed by atoms with Crippen LogP contribution in [0.15, 0.2) is 30.3 Å². The van der Waals surface area contributed by atoms with Crippen LogP contribution in [0.25, 0.3) is 0 Å². The molecule has 1 aromatic carbocycles. The van der Waals surface area contributed by atoms with E-state index < -0.39 is 5.97 Å².